The van der Waals surface area contributed by atoms with Gasteiger partial charge in [-0.3, -0.25) is 24.1 Å². The van der Waals surface area contributed by atoms with Gasteiger partial charge in [-0.05, 0) is 42.7 Å². The SMILES string of the molecule is Cc1ccccc1CNC(=O)COC(=O)CCCN1C(=O)c2ccc(Br)cc2C1=O. The average Bonchev–Trinajstić information content (AvgIpc) is 2.96. The predicted octanol–water partition coefficient (Wildman–Crippen LogP) is 2.99. The molecular weight excluding hydrogens is 452 g/mol. The van der Waals surface area contributed by atoms with Crippen LogP contribution in [0.1, 0.15) is 44.7 Å². The molecule has 8 heteroatoms. The number of hydrogen-bond acceptors (Lipinski definition) is 5. The van der Waals surface area contributed by atoms with Crippen LogP contribution in [-0.4, -0.2) is 41.7 Å². The van der Waals surface area contributed by atoms with E-state index in [2.05, 4.69) is 21.2 Å². The Labute approximate surface area is 182 Å². The molecule has 0 spiro atoms. The van der Waals surface area contributed by atoms with Crippen LogP contribution in [0.15, 0.2) is 46.9 Å². The van der Waals surface area contributed by atoms with Crippen molar-refractivity contribution in [1.82, 2.24) is 10.2 Å². The van der Waals surface area contributed by atoms with E-state index >= 15 is 0 Å². The number of carbonyl (C=O) groups excluding carboxylic acids is 4. The number of nitrogens with one attached hydrogen (secondary N) is 1. The number of nitrogens with zero attached hydrogens (tertiary/aromatic N) is 1. The van der Waals surface area contributed by atoms with E-state index in [0.29, 0.717) is 22.1 Å². The molecule has 0 unspecified atom stereocenters. The highest BCUT2D eigenvalue weighted by Gasteiger charge is 2.35. The summed E-state index contributed by atoms with van der Waals surface area (Å²) >= 11 is 3.28. The fourth-order valence-electron chi connectivity index (χ4n) is 3.12. The maximum atomic E-state index is 12.4. The lowest BCUT2D eigenvalue weighted by Crippen LogP contribution is -2.31. The number of benzene rings is 2. The number of esters is 1. The van der Waals surface area contributed by atoms with E-state index in [1.54, 1.807) is 18.2 Å². The van der Waals surface area contributed by atoms with Crippen molar-refractivity contribution in [3.05, 3.63) is 69.2 Å². The van der Waals surface area contributed by atoms with Crippen LogP contribution in [0.5, 0.6) is 0 Å². The van der Waals surface area contributed by atoms with Crippen LogP contribution < -0.4 is 5.32 Å². The number of hydrogen-bond donors (Lipinski definition) is 1. The quantitative estimate of drug-likeness (QED) is 0.470. The summed E-state index contributed by atoms with van der Waals surface area (Å²) in [6.45, 7) is 2.05. The van der Waals surface area contributed by atoms with Crippen LogP contribution in [0.3, 0.4) is 0 Å². The van der Waals surface area contributed by atoms with Gasteiger partial charge in [0.05, 0.1) is 11.1 Å². The fourth-order valence-corrected chi connectivity index (χ4v) is 3.48. The highest BCUT2D eigenvalue weighted by Crippen LogP contribution is 2.26. The number of amides is 3. The molecule has 3 rings (SSSR count). The molecule has 0 radical (unpaired) electrons. The Hall–Kier alpha value is -3.00. The van der Waals surface area contributed by atoms with Gasteiger partial charge >= 0.3 is 5.97 Å². The molecule has 0 saturated heterocycles. The average molecular weight is 473 g/mol. The summed E-state index contributed by atoms with van der Waals surface area (Å²) in [4.78, 5) is 49.6. The van der Waals surface area contributed by atoms with Gasteiger partial charge in [-0.2, -0.15) is 0 Å². The van der Waals surface area contributed by atoms with Crippen molar-refractivity contribution in [2.45, 2.75) is 26.3 Å². The number of aryl methyl sites for hydroxylation is 1. The van der Waals surface area contributed by atoms with Crippen molar-refractivity contribution in [2.75, 3.05) is 13.2 Å². The molecule has 1 heterocycles. The lowest BCUT2D eigenvalue weighted by molar-refractivity contribution is -0.148. The summed E-state index contributed by atoms with van der Waals surface area (Å²) < 4.78 is 5.69. The number of rotatable bonds is 8. The van der Waals surface area contributed by atoms with Crippen LogP contribution in [0.2, 0.25) is 0 Å². The lowest BCUT2D eigenvalue weighted by Gasteiger charge is -2.13. The molecule has 30 heavy (non-hydrogen) atoms. The maximum absolute atomic E-state index is 12.4. The first kappa shape index (κ1) is 21.7. The summed E-state index contributed by atoms with van der Waals surface area (Å²) in [5, 5.41) is 2.70. The molecule has 0 atom stereocenters. The molecule has 1 aliphatic rings. The smallest absolute Gasteiger partial charge is 0.306 e. The van der Waals surface area contributed by atoms with Gasteiger partial charge in [-0.25, -0.2) is 0 Å². The number of imide groups is 1. The zero-order chi connectivity index (χ0) is 21.7. The van der Waals surface area contributed by atoms with Gasteiger partial charge in [-0.1, -0.05) is 40.2 Å². The molecule has 0 aliphatic carbocycles. The second-order valence-corrected chi connectivity index (χ2v) is 7.83. The van der Waals surface area contributed by atoms with Crippen molar-refractivity contribution < 1.29 is 23.9 Å². The van der Waals surface area contributed by atoms with Crippen molar-refractivity contribution in [3.8, 4) is 0 Å². The summed E-state index contributed by atoms with van der Waals surface area (Å²) in [6.07, 6.45) is 0.262. The second-order valence-electron chi connectivity index (χ2n) is 6.92. The zero-order valence-electron chi connectivity index (χ0n) is 16.4. The number of ether oxygens (including phenoxy) is 1. The number of fused-ring (bicyclic) bond motifs is 1. The fraction of sp³-hybridized carbons (Fsp3) is 0.273. The van der Waals surface area contributed by atoms with Crippen molar-refractivity contribution in [1.29, 1.82) is 0 Å². The van der Waals surface area contributed by atoms with Crippen LogP contribution in [0, 0.1) is 6.92 Å². The molecular formula is C22H21BrN2O5. The summed E-state index contributed by atoms with van der Waals surface area (Å²) in [5.74, 6) is -1.69. The molecule has 156 valence electrons. The highest BCUT2D eigenvalue weighted by molar-refractivity contribution is 9.10. The largest absolute Gasteiger partial charge is 0.456 e. The van der Waals surface area contributed by atoms with E-state index in [1.807, 2.05) is 31.2 Å². The first-order valence-corrected chi connectivity index (χ1v) is 10.3. The third-order valence-corrected chi connectivity index (χ3v) is 5.29. The molecule has 0 aromatic heterocycles. The van der Waals surface area contributed by atoms with E-state index in [9.17, 15) is 19.2 Å². The van der Waals surface area contributed by atoms with Crippen molar-refractivity contribution in [3.63, 3.8) is 0 Å². The van der Waals surface area contributed by atoms with Crippen molar-refractivity contribution in [2.24, 2.45) is 0 Å². The molecule has 3 amide bonds. The minimum Gasteiger partial charge on any atom is -0.456 e. The van der Waals surface area contributed by atoms with Gasteiger partial charge in [0, 0.05) is 24.0 Å². The minimum atomic E-state index is -0.555. The van der Waals surface area contributed by atoms with E-state index < -0.39 is 11.9 Å². The third kappa shape index (κ3) is 5.13. The molecule has 1 aliphatic heterocycles. The first-order chi connectivity index (χ1) is 14.4. The Morgan fingerprint density at radius 2 is 1.80 bits per heavy atom. The Morgan fingerprint density at radius 1 is 1.07 bits per heavy atom. The standard InChI is InChI=1S/C22H21BrN2O5/c1-14-5-2-3-6-15(14)12-24-19(26)13-30-20(27)7-4-10-25-21(28)17-9-8-16(23)11-18(17)22(25)29/h2-3,5-6,8-9,11H,4,7,10,12-13H2,1H3,(H,24,26). The predicted molar refractivity (Wildman–Crippen MR) is 113 cm³/mol. The Kier molecular flexibility index (Phi) is 6.99. The molecule has 7 nitrogen and oxygen atoms in total. The first-order valence-electron chi connectivity index (χ1n) is 9.49. The van der Waals surface area contributed by atoms with E-state index in [0.717, 1.165) is 16.0 Å². The van der Waals surface area contributed by atoms with Crippen LogP contribution >= 0.6 is 15.9 Å². The Morgan fingerprint density at radius 3 is 2.57 bits per heavy atom. The summed E-state index contributed by atoms with van der Waals surface area (Å²) in [6, 6.07) is 12.6. The van der Waals surface area contributed by atoms with E-state index in [4.69, 9.17) is 4.74 Å². The normalized spacial score (nSPS) is 12.7. The van der Waals surface area contributed by atoms with Crippen LogP contribution in [0.25, 0.3) is 0 Å². The number of carbonyl (C=O) groups is 4. The molecule has 0 bridgehead atoms. The monoisotopic (exact) mass is 472 g/mol. The molecule has 1 N–H and O–H groups in total. The van der Waals surface area contributed by atoms with Gasteiger partial charge in [0.25, 0.3) is 17.7 Å². The van der Waals surface area contributed by atoms with Gasteiger partial charge in [0.1, 0.15) is 0 Å². The minimum absolute atomic E-state index is 0.00216. The molecule has 0 fully saturated rings. The van der Waals surface area contributed by atoms with Crippen LogP contribution in [0.4, 0.5) is 0 Å². The summed E-state index contributed by atoms with van der Waals surface area (Å²) in [5.41, 5.74) is 2.76. The second kappa shape index (κ2) is 9.67. The lowest BCUT2D eigenvalue weighted by atomic mass is 10.1. The van der Waals surface area contributed by atoms with E-state index in [1.165, 1.54) is 0 Å². The van der Waals surface area contributed by atoms with Gasteiger partial charge < -0.3 is 10.1 Å². The van der Waals surface area contributed by atoms with Gasteiger partial charge in [0.15, 0.2) is 6.61 Å². The molecule has 2 aromatic carbocycles. The zero-order valence-corrected chi connectivity index (χ0v) is 18.0. The summed E-state index contributed by atoms with van der Waals surface area (Å²) in [7, 11) is 0. The highest BCUT2D eigenvalue weighted by atomic mass is 79.9. The Balaban J connectivity index is 1.38. The van der Waals surface area contributed by atoms with Crippen LogP contribution in [-0.2, 0) is 20.9 Å². The third-order valence-electron chi connectivity index (χ3n) is 4.80. The van der Waals surface area contributed by atoms with Gasteiger partial charge in [-0.15, -0.1) is 0 Å². The topological polar surface area (TPSA) is 92.8 Å². The van der Waals surface area contributed by atoms with Gasteiger partial charge in [0.2, 0.25) is 0 Å². The van der Waals surface area contributed by atoms with Crippen molar-refractivity contribution >= 4 is 39.6 Å². The molecule has 0 saturated carbocycles. The number of halogens is 1. The molecule has 2 aromatic rings. The Bertz CT molecular complexity index is 1000. The maximum Gasteiger partial charge on any atom is 0.306 e. The van der Waals surface area contributed by atoms with E-state index in [-0.39, 0.29) is 37.8 Å².